The predicted octanol–water partition coefficient (Wildman–Crippen LogP) is 3.89. The van der Waals surface area contributed by atoms with Gasteiger partial charge in [-0.15, -0.1) is 0 Å². The van der Waals surface area contributed by atoms with Crippen LogP contribution in [0.4, 0.5) is 0 Å². The topological polar surface area (TPSA) is 20.3 Å². The second kappa shape index (κ2) is 7.28. The van der Waals surface area contributed by atoms with Crippen molar-refractivity contribution >= 4 is 5.78 Å². The van der Waals surface area contributed by atoms with Crippen molar-refractivity contribution in [3.63, 3.8) is 0 Å². The zero-order valence-corrected chi connectivity index (χ0v) is 12.8. The van der Waals surface area contributed by atoms with E-state index in [0.717, 1.165) is 18.8 Å². The van der Waals surface area contributed by atoms with Gasteiger partial charge in [0.05, 0.1) is 0 Å². The summed E-state index contributed by atoms with van der Waals surface area (Å²) in [6.45, 7) is 12.5. The van der Waals surface area contributed by atoms with Crippen molar-refractivity contribution in [2.24, 2.45) is 11.3 Å². The molecular weight excluding hydrogens is 222 g/mol. The molecular formula is C16H31NO. The van der Waals surface area contributed by atoms with Crippen LogP contribution in [0.3, 0.4) is 0 Å². The van der Waals surface area contributed by atoms with E-state index in [1.807, 2.05) is 0 Å². The Bertz CT molecular complexity index is 254. The molecule has 1 atom stereocenters. The maximum absolute atomic E-state index is 10.9. The first-order valence-electron chi connectivity index (χ1n) is 7.61. The normalized spacial score (nSPS) is 22.8. The molecule has 18 heavy (non-hydrogen) atoms. The molecule has 2 heteroatoms. The molecule has 106 valence electrons. The standard InChI is InChI=1S/C16H31NO/c1-14(18)8-5-6-11-17-12-7-9-15(10-13-17)16(2,3)4/h15H,5-13H2,1-4H3. The second-order valence-corrected chi connectivity index (χ2v) is 6.99. The van der Waals surface area contributed by atoms with Gasteiger partial charge in [0.1, 0.15) is 5.78 Å². The van der Waals surface area contributed by atoms with Crippen LogP contribution in [-0.4, -0.2) is 30.3 Å². The van der Waals surface area contributed by atoms with Gasteiger partial charge in [-0.3, -0.25) is 0 Å². The number of carbonyl (C=O) groups is 1. The van der Waals surface area contributed by atoms with E-state index < -0.39 is 0 Å². The van der Waals surface area contributed by atoms with E-state index in [1.165, 1.54) is 45.3 Å². The van der Waals surface area contributed by atoms with Crippen molar-refractivity contribution in [2.45, 2.75) is 66.2 Å². The lowest BCUT2D eigenvalue weighted by atomic mass is 9.77. The Kier molecular flexibility index (Phi) is 6.34. The SMILES string of the molecule is CC(=O)CCCCN1CCCC(C(C)(C)C)CC1. The highest BCUT2D eigenvalue weighted by Crippen LogP contribution is 2.34. The van der Waals surface area contributed by atoms with Gasteiger partial charge in [-0.1, -0.05) is 20.8 Å². The number of unbranched alkanes of at least 4 members (excludes halogenated alkanes) is 1. The molecule has 1 heterocycles. The number of nitrogens with zero attached hydrogens (tertiary/aromatic N) is 1. The van der Waals surface area contributed by atoms with Crippen molar-refractivity contribution in [3.8, 4) is 0 Å². The Labute approximate surface area is 113 Å². The Balaban J connectivity index is 2.23. The zero-order valence-electron chi connectivity index (χ0n) is 12.8. The summed E-state index contributed by atoms with van der Waals surface area (Å²) in [5, 5.41) is 0. The molecule has 0 radical (unpaired) electrons. The number of carbonyl (C=O) groups excluding carboxylic acids is 1. The smallest absolute Gasteiger partial charge is 0.129 e. The van der Waals surface area contributed by atoms with Crippen molar-refractivity contribution < 1.29 is 4.79 Å². The summed E-state index contributed by atoms with van der Waals surface area (Å²) in [6, 6.07) is 0. The summed E-state index contributed by atoms with van der Waals surface area (Å²) in [5.41, 5.74) is 0.463. The van der Waals surface area contributed by atoms with E-state index in [2.05, 4.69) is 25.7 Å². The molecule has 0 aliphatic carbocycles. The third-order valence-corrected chi connectivity index (χ3v) is 4.30. The van der Waals surface area contributed by atoms with Crippen LogP contribution in [0.5, 0.6) is 0 Å². The summed E-state index contributed by atoms with van der Waals surface area (Å²) in [6.07, 6.45) is 7.07. The quantitative estimate of drug-likeness (QED) is 0.693. The lowest BCUT2D eigenvalue weighted by Gasteiger charge is -2.29. The monoisotopic (exact) mass is 253 g/mol. The highest BCUT2D eigenvalue weighted by molar-refractivity contribution is 5.75. The Morgan fingerprint density at radius 2 is 1.89 bits per heavy atom. The van der Waals surface area contributed by atoms with E-state index >= 15 is 0 Å². The third-order valence-electron chi connectivity index (χ3n) is 4.30. The molecule has 1 saturated heterocycles. The molecule has 1 aliphatic heterocycles. The fraction of sp³-hybridized carbons (Fsp3) is 0.938. The molecule has 0 spiro atoms. The lowest BCUT2D eigenvalue weighted by Crippen LogP contribution is -2.27. The Morgan fingerprint density at radius 1 is 1.17 bits per heavy atom. The molecule has 1 unspecified atom stereocenters. The average Bonchev–Trinajstić information content (AvgIpc) is 2.48. The summed E-state index contributed by atoms with van der Waals surface area (Å²) in [4.78, 5) is 13.5. The predicted molar refractivity (Wildman–Crippen MR) is 77.8 cm³/mol. The van der Waals surface area contributed by atoms with Gasteiger partial charge in [0.2, 0.25) is 0 Å². The van der Waals surface area contributed by atoms with Gasteiger partial charge in [-0.05, 0) is 70.0 Å². The van der Waals surface area contributed by atoms with Crippen LogP contribution in [0.2, 0.25) is 0 Å². The lowest BCUT2D eigenvalue weighted by molar-refractivity contribution is -0.117. The average molecular weight is 253 g/mol. The van der Waals surface area contributed by atoms with Gasteiger partial charge in [0, 0.05) is 6.42 Å². The molecule has 0 amide bonds. The van der Waals surface area contributed by atoms with Gasteiger partial charge >= 0.3 is 0 Å². The molecule has 0 aromatic rings. The van der Waals surface area contributed by atoms with E-state index in [9.17, 15) is 4.79 Å². The number of hydrogen-bond donors (Lipinski definition) is 0. The zero-order chi connectivity index (χ0) is 13.6. The van der Waals surface area contributed by atoms with Crippen molar-refractivity contribution in [1.82, 2.24) is 4.90 Å². The molecule has 1 aliphatic rings. The minimum absolute atomic E-state index is 0.332. The van der Waals surface area contributed by atoms with Gasteiger partial charge in [-0.25, -0.2) is 0 Å². The number of hydrogen-bond acceptors (Lipinski definition) is 2. The summed E-state index contributed by atoms with van der Waals surface area (Å²) in [7, 11) is 0. The van der Waals surface area contributed by atoms with Crippen LogP contribution in [0.25, 0.3) is 0 Å². The fourth-order valence-electron chi connectivity index (χ4n) is 2.95. The van der Waals surface area contributed by atoms with Gasteiger partial charge in [0.25, 0.3) is 0 Å². The number of ketones is 1. The highest BCUT2D eigenvalue weighted by atomic mass is 16.1. The van der Waals surface area contributed by atoms with Crippen LogP contribution < -0.4 is 0 Å². The molecule has 0 aromatic carbocycles. The van der Waals surface area contributed by atoms with E-state index in [-0.39, 0.29) is 0 Å². The molecule has 1 rings (SSSR count). The van der Waals surface area contributed by atoms with Crippen LogP contribution >= 0.6 is 0 Å². The first-order valence-corrected chi connectivity index (χ1v) is 7.61. The molecule has 0 N–H and O–H groups in total. The van der Waals surface area contributed by atoms with Crippen LogP contribution in [0.15, 0.2) is 0 Å². The van der Waals surface area contributed by atoms with Gasteiger partial charge in [-0.2, -0.15) is 0 Å². The summed E-state index contributed by atoms with van der Waals surface area (Å²) >= 11 is 0. The molecule has 0 saturated carbocycles. The molecule has 0 aromatic heterocycles. The molecule has 0 bridgehead atoms. The van der Waals surface area contributed by atoms with Crippen LogP contribution in [0, 0.1) is 11.3 Å². The fourth-order valence-corrected chi connectivity index (χ4v) is 2.95. The van der Waals surface area contributed by atoms with Crippen LogP contribution in [-0.2, 0) is 4.79 Å². The van der Waals surface area contributed by atoms with Gasteiger partial charge < -0.3 is 9.69 Å². The van der Waals surface area contributed by atoms with Crippen molar-refractivity contribution in [1.29, 1.82) is 0 Å². The summed E-state index contributed by atoms with van der Waals surface area (Å²) < 4.78 is 0. The number of rotatable bonds is 5. The van der Waals surface area contributed by atoms with E-state index in [4.69, 9.17) is 0 Å². The Hall–Kier alpha value is -0.370. The van der Waals surface area contributed by atoms with E-state index in [0.29, 0.717) is 11.2 Å². The maximum Gasteiger partial charge on any atom is 0.129 e. The summed E-state index contributed by atoms with van der Waals surface area (Å²) in [5.74, 6) is 1.21. The molecule has 1 fully saturated rings. The van der Waals surface area contributed by atoms with E-state index in [1.54, 1.807) is 6.92 Å². The van der Waals surface area contributed by atoms with Crippen molar-refractivity contribution in [3.05, 3.63) is 0 Å². The highest BCUT2D eigenvalue weighted by Gasteiger charge is 2.26. The van der Waals surface area contributed by atoms with Crippen molar-refractivity contribution in [2.75, 3.05) is 19.6 Å². The minimum Gasteiger partial charge on any atom is -0.303 e. The third kappa shape index (κ3) is 5.99. The molecule has 2 nitrogen and oxygen atoms in total. The minimum atomic E-state index is 0.332. The maximum atomic E-state index is 10.9. The van der Waals surface area contributed by atoms with Crippen LogP contribution in [0.1, 0.15) is 66.2 Å². The first kappa shape index (κ1) is 15.7. The first-order chi connectivity index (χ1) is 8.39. The Morgan fingerprint density at radius 3 is 2.50 bits per heavy atom. The number of Topliss-reactive ketones (excluding diaryl/α,β-unsaturated/α-hetero) is 1. The second-order valence-electron chi connectivity index (χ2n) is 6.99. The van der Waals surface area contributed by atoms with Gasteiger partial charge in [0.15, 0.2) is 0 Å². The largest absolute Gasteiger partial charge is 0.303 e. The number of likely N-dealkylation sites (tertiary alicyclic amines) is 1.